The van der Waals surface area contributed by atoms with Crippen molar-refractivity contribution in [2.75, 3.05) is 0 Å². The maximum Gasteiger partial charge on any atom is 0.234 e. The number of nitrogens with two attached hydrogens (primary N) is 2. The van der Waals surface area contributed by atoms with E-state index >= 15 is 0 Å². The number of primary amides is 1. The Kier molecular flexibility index (Phi) is 5.45. The van der Waals surface area contributed by atoms with E-state index in [0.29, 0.717) is 5.56 Å². The summed E-state index contributed by atoms with van der Waals surface area (Å²) < 4.78 is 13.5. The number of nitrogens with zero attached hydrogens (tertiary/aromatic N) is 1. The Morgan fingerprint density at radius 1 is 1.40 bits per heavy atom. The van der Waals surface area contributed by atoms with Gasteiger partial charge in [0.15, 0.2) is 5.84 Å². The van der Waals surface area contributed by atoms with Gasteiger partial charge in [0.1, 0.15) is 5.82 Å². The number of oxime groups is 1. The summed E-state index contributed by atoms with van der Waals surface area (Å²) in [4.78, 5) is 11.3. The molecule has 1 amide bonds. The van der Waals surface area contributed by atoms with E-state index < -0.39 is 17.8 Å². The molecular formula is C13H19FN4O2. The second-order valence-electron chi connectivity index (χ2n) is 4.84. The van der Waals surface area contributed by atoms with Gasteiger partial charge in [-0.1, -0.05) is 19.0 Å². The lowest BCUT2D eigenvalue weighted by atomic mass is 10.0. The minimum Gasteiger partial charge on any atom is -0.409 e. The van der Waals surface area contributed by atoms with Crippen LogP contribution in [-0.2, 0) is 11.3 Å². The monoisotopic (exact) mass is 282 g/mol. The van der Waals surface area contributed by atoms with Crippen molar-refractivity contribution in [2.24, 2.45) is 22.5 Å². The molecule has 0 aliphatic heterocycles. The molecular weight excluding hydrogens is 263 g/mol. The first-order valence-electron chi connectivity index (χ1n) is 6.15. The van der Waals surface area contributed by atoms with E-state index in [1.165, 1.54) is 6.07 Å². The van der Waals surface area contributed by atoms with E-state index in [9.17, 15) is 9.18 Å². The molecule has 0 radical (unpaired) electrons. The van der Waals surface area contributed by atoms with Gasteiger partial charge in [-0.05, 0) is 29.7 Å². The van der Waals surface area contributed by atoms with Crippen molar-refractivity contribution >= 4 is 11.7 Å². The molecule has 0 aromatic heterocycles. The Labute approximate surface area is 116 Å². The Balaban J connectivity index is 2.88. The number of nitrogens with one attached hydrogen (secondary N) is 1. The molecule has 0 bridgehead atoms. The Morgan fingerprint density at radius 2 is 2.05 bits per heavy atom. The molecule has 1 atom stereocenters. The van der Waals surface area contributed by atoms with Gasteiger partial charge in [-0.25, -0.2) is 4.39 Å². The van der Waals surface area contributed by atoms with Crippen LogP contribution in [0.1, 0.15) is 25.0 Å². The number of halogens is 1. The predicted molar refractivity (Wildman–Crippen MR) is 73.6 cm³/mol. The van der Waals surface area contributed by atoms with Crippen LogP contribution < -0.4 is 16.8 Å². The first-order chi connectivity index (χ1) is 9.35. The van der Waals surface area contributed by atoms with Gasteiger partial charge in [-0.15, -0.1) is 0 Å². The largest absolute Gasteiger partial charge is 0.409 e. The molecule has 0 saturated heterocycles. The Hall–Kier alpha value is -2.15. The van der Waals surface area contributed by atoms with Gasteiger partial charge in [-0.3, -0.25) is 4.79 Å². The summed E-state index contributed by atoms with van der Waals surface area (Å²) in [6.45, 7) is 3.96. The fourth-order valence-electron chi connectivity index (χ4n) is 1.85. The molecule has 6 N–H and O–H groups in total. The van der Waals surface area contributed by atoms with Crippen LogP contribution in [0.2, 0.25) is 0 Å². The number of carbonyl (C=O) groups excluding carboxylic acids is 1. The highest BCUT2D eigenvalue weighted by Gasteiger charge is 2.18. The van der Waals surface area contributed by atoms with E-state index in [4.69, 9.17) is 16.7 Å². The van der Waals surface area contributed by atoms with E-state index in [-0.39, 0.29) is 23.9 Å². The van der Waals surface area contributed by atoms with E-state index in [0.717, 1.165) is 6.07 Å². The lowest BCUT2D eigenvalue weighted by Gasteiger charge is -2.19. The van der Waals surface area contributed by atoms with Crippen molar-refractivity contribution in [3.8, 4) is 0 Å². The van der Waals surface area contributed by atoms with Crippen molar-refractivity contribution in [3.05, 3.63) is 35.1 Å². The number of hydrogen-bond donors (Lipinski definition) is 4. The normalized spacial score (nSPS) is 13.5. The van der Waals surface area contributed by atoms with Crippen LogP contribution in [0.5, 0.6) is 0 Å². The van der Waals surface area contributed by atoms with Crippen molar-refractivity contribution < 1.29 is 14.4 Å². The van der Waals surface area contributed by atoms with Crippen molar-refractivity contribution in [1.82, 2.24) is 5.32 Å². The zero-order valence-electron chi connectivity index (χ0n) is 11.4. The average molecular weight is 282 g/mol. The molecule has 1 unspecified atom stereocenters. The molecule has 0 fully saturated rings. The van der Waals surface area contributed by atoms with Gasteiger partial charge in [-0.2, -0.15) is 0 Å². The first-order valence-corrected chi connectivity index (χ1v) is 6.15. The molecule has 0 aliphatic rings. The van der Waals surface area contributed by atoms with Crippen LogP contribution in [-0.4, -0.2) is 23.0 Å². The van der Waals surface area contributed by atoms with Crippen LogP contribution in [0, 0.1) is 11.7 Å². The second-order valence-corrected chi connectivity index (χ2v) is 4.84. The van der Waals surface area contributed by atoms with Crippen LogP contribution in [0.4, 0.5) is 4.39 Å². The summed E-state index contributed by atoms with van der Waals surface area (Å²) in [6, 6.07) is 3.53. The number of amidine groups is 1. The summed E-state index contributed by atoms with van der Waals surface area (Å²) in [6.07, 6.45) is 0. The highest BCUT2D eigenvalue weighted by atomic mass is 19.1. The molecule has 0 saturated carbocycles. The quantitative estimate of drug-likeness (QED) is 0.263. The molecule has 7 heteroatoms. The van der Waals surface area contributed by atoms with E-state index in [1.54, 1.807) is 6.07 Å². The molecule has 0 aliphatic carbocycles. The maximum atomic E-state index is 13.5. The Bertz CT molecular complexity index is 517. The van der Waals surface area contributed by atoms with Gasteiger partial charge in [0, 0.05) is 12.1 Å². The van der Waals surface area contributed by atoms with Gasteiger partial charge in [0.05, 0.1) is 6.04 Å². The molecule has 110 valence electrons. The third-order valence-electron chi connectivity index (χ3n) is 2.86. The molecule has 6 nitrogen and oxygen atoms in total. The topological polar surface area (TPSA) is 114 Å². The third-order valence-corrected chi connectivity index (χ3v) is 2.86. The van der Waals surface area contributed by atoms with Gasteiger partial charge >= 0.3 is 0 Å². The fraction of sp³-hybridized carbons (Fsp3) is 0.385. The highest BCUT2D eigenvalue weighted by molar-refractivity contribution is 5.97. The SMILES string of the molecule is CC(C)C(NCc1cc(F)cc(/C(N)=N/O)c1)C(N)=O. The molecule has 0 spiro atoms. The van der Waals surface area contributed by atoms with Crippen LogP contribution >= 0.6 is 0 Å². The number of benzene rings is 1. The maximum absolute atomic E-state index is 13.5. The van der Waals surface area contributed by atoms with Gasteiger partial charge in [0.2, 0.25) is 5.91 Å². The predicted octanol–water partition coefficient (Wildman–Crippen LogP) is 0.520. The molecule has 1 aromatic carbocycles. The highest BCUT2D eigenvalue weighted by Crippen LogP contribution is 2.10. The number of amides is 1. The fourth-order valence-corrected chi connectivity index (χ4v) is 1.85. The lowest BCUT2D eigenvalue weighted by molar-refractivity contribution is -0.121. The average Bonchev–Trinajstić information content (AvgIpc) is 2.36. The molecule has 1 aromatic rings. The van der Waals surface area contributed by atoms with Crippen LogP contribution in [0.25, 0.3) is 0 Å². The molecule has 1 rings (SSSR count). The standard InChI is InChI=1S/C13H19FN4O2/c1-7(2)11(13(16)19)17-6-8-3-9(12(15)18-20)5-10(14)4-8/h3-5,7,11,17,20H,6H2,1-2H3,(H2,15,18)(H2,16,19). The van der Waals surface area contributed by atoms with Crippen molar-refractivity contribution in [3.63, 3.8) is 0 Å². The van der Waals surface area contributed by atoms with Gasteiger partial charge in [0.25, 0.3) is 0 Å². The van der Waals surface area contributed by atoms with Gasteiger partial charge < -0.3 is 22.0 Å². The number of hydrogen-bond acceptors (Lipinski definition) is 4. The minimum atomic E-state index is -0.509. The molecule has 0 heterocycles. The second kappa shape index (κ2) is 6.85. The van der Waals surface area contributed by atoms with Crippen molar-refractivity contribution in [2.45, 2.75) is 26.4 Å². The summed E-state index contributed by atoms with van der Waals surface area (Å²) in [5.41, 5.74) is 11.5. The first kappa shape index (κ1) is 15.9. The molecule has 20 heavy (non-hydrogen) atoms. The lowest BCUT2D eigenvalue weighted by Crippen LogP contribution is -2.44. The minimum absolute atomic E-state index is 0.0182. The smallest absolute Gasteiger partial charge is 0.234 e. The summed E-state index contributed by atoms with van der Waals surface area (Å²) in [7, 11) is 0. The van der Waals surface area contributed by atoms with Crippen LogP contribution in [0.15, 0.2) is 23.4 Å². The van der Waals surface area contributed by atoms with Crippen LogP contribution in [0.3, 0.4) is 0 Å². The van der Waals surface area contributed by atoms with Crippen molar-refractivity contribution in [1.29, 1.82) is 0 Å². The summed E-state index contributed by atoms with van der Waals surface area (Å²) >= 11 is 0. The third kappa shape index (κ3) is 4.20. The summed E-state index contributed by atoms with van der Waals surface area (Å²) in [5, 5.41) is 14.4. The zero-order chi connectivity index (χ0) is 15.3. The van der Waals surface area contributed by atoms with E-state index in [2.05, 4.69) is 10.5 Å². The zero-order valence-corrected chi connectivity index (χ0v) is 11.4. The van der Waals surface area contributed by atoms with E-state index in [1.807, 2.05) is 13.8 Å². The Morgan fingerprint density at radius 3 is 2.55 bits per heavy atom. The number of rotatable bonds is 6. The number of carbonyl (C=O) groups is 1. The summed E-state index contributed by atoms with van der Waals surface area (Å²) in [5.74, 6) is -1.13.